The average Bonchev–Trinajstić information content (AvgIpc) is 2.20. The predicted molar refractivity (Wildman–Crippen MR) is 63.1 cm³/mol. The first-order chi connectivity index (χ1) is 6.74. The molecule has 14 heavy (non-hydrogen) atoms. The molecular weight excluding hydrogens is 216 g/mol. The third-order valence-electron chi connectivity index (χ3n) is 2.01. The molecule has 0 saturated carbocycles. The summed E-state index contributed by atoms with van der Waals surface area (Å²) in [5.74, 6) is 1.04. The molecule has 0 saturated heterocycles. The topological polar surface area (TPSA) is 24.9 Å². The minimum Gasteiger partial charge on any atom is -0.317 e. The van der Waals surface area contributed by atoms with Crippen LogP contribution >= 0.6 is 23.4 Å². The fourth-order valence-corrected chi connectivity index (χ4v) is 2.25. The van der Waals surface area contributed by atoms with Crippen molar-refractivity contribution in [2.24, 2.45) is 0 Å². The molecule has 0 fully saturated rings. The highest BCUT2D eigenvalue weighted by atomic mass is 35.5. The third kappa shape index (κ3) is 3.86. The maximum Gasteiger partial charge on any atom is 0.115 e. The number of hydrogen-bond donors (Lipinski definition) is 1. The zero-order valence-electron chi connectivity index (χ0n) is 8.46. The van der Waals surface area contributed by atoms with Gasteiger partial charge >= 0.3 is 0 Å². The molecule has 0 amide bonds. The Hall–Kier alpha value is -0.250. The fourth-order valence-electron chi connectivity index (χ4n) is 0.954. The van der Waals surface area contributed by atoms with Gasteiger partial charge in [-0.25, -0.2) is 4.98 Å². The second kappa shape index (κ2) is 6.27. The number of rotatable bonds is 5. The maximum absolute atomic E-state index is 5.97. The van der Waals surface area contributed by atoms with E-state index in [1.807, 2.05) is 19.2 Å². The van der Waals surface area contributed by atoms with E-state index in [0.29, 0.717) is 6.04 Å². The summed E-state index contributed by atoms with van der Waals surface area (Å²) in [6.07, 6.45) is 2.89. The molecule has 1 aromatic heterocycles. The third-order valence-corrected chi connectivity index (χ3v) is 3.46. The quantitative estimate of drug-likeness (QED) is 0.788. The van der Waals surface area contributed by atoms with E-state index in [2.05, 4.69) is 17.2 Å². The lowest BCUT2D eigenvalue weighted by Crippen LogP contribution is -2.21. The molecule has 0 spiro atoms. The molecule has 1 N–H and O–H groups in total. The van der Waals surface area contributed by atoms with Crippen LogP contribution in [0.3, 0.4) is 0 Å². The summed E-state index contributed by atoms with van der Waals surface area (Å²) in [4.78, 5) is 4.21. The highest BCUT2D eigenvalue weighted by molar-refractivity contribution is 7.99. The summed E-state index contributed by atoms with van der Waals surface area (Å²) in [5, 5.41) is 4.87. The Labute approximate surface area is 94.5 Å². The normalized spacial score (nSPS) is 12.8. The molecular formula is C10H15ClN2S. The molecule has 1 aromatic rings. The van der Waals surface area contributed by atoms with Crippen LogP contribution < -0.4 is 5.32 Å². The molecule has 0 aliphatic heterocycles. The van der Waals surface area contributed by atoms with Gasteiger partial charge in [-0.3, -0.25) is 0 Å². The standard InChI is InChI=1S/C10H15ClN2S/c1-8(12-2)5-7-14-10-9(11)4-3-6-13-10/h3-4,6,8,12H,5,7H2,1-2H3. The molecule has 0 aliphatic carbocycles. The van der Waals surface area contributed by atoms with Crippen LogP contribution in [0.5, 0.6) is 0 Å². The number of pyridine rings is 1. The van der Waals surface area contributed by atoms with Gasteiger partial charge in [-0.05, 0) is 32.5 Å². The van der Waals surface area contributed by atoms with Crippen LogP contribution in [0.4, 0.5) is 0 Å². The van der Waals surface area contributed by atoms with Crippen LogP contribution in [0.15, 0.2) is 23.4 Å². The van der Waals surface area contributed by atoms with E-state index < -0.39 is 0 Å². The molecule has 1 atom stereocenters. The first kappa shape index (κ1) is 11.8. The largest absolute Gasteiger partial charge is 0.317 e. The van der Waals surface area contributed by atoms with Crippen molar-refractivity contribution >= 4 is 23.4 Å². The first-order valence-electron chi connectivity index (χ1n) is 4.64. The second-order valence-corrected chi connectivity index (χ2v) is 4.61. The van der Waals surface area contributed by atoms with Crippen molar-refractivity contribution in [2.75, 3.05) is 12.8 Å². The summed E-state index contributed by atoms with van der Waals surface area (Å²) in [7, 11) is 1.98. The average molecular weight is 231 g/mol. The SMILES string of the molecule is CNC(C)CCSc1ncccc1Cl. The number of aromatic nitrogens is 1. The van der Waals surface area contributed by atoms with Gasteiger partial charge in [0, 0.05) is 18.0 Å². The van der Waals surface area contributed by atoms with Crippen molar-refractivity contribution in [2.45, 2.75) is 24.4 Å². The minimum atomic E-state index is 0.546. The van der Waals surface area contributed by atoms with Gasteiger partial charge in [0.2, 0.25) is 0 Å². The summed E-state index contributed by atoms with van der Waals surface area (Å²) >= 11 is 7.68. The second-order valence-electron chi connectivity index (χ2n) is 3.12. The van der Waals surface area contributed by atoms with Crippen molar-refractivity contribution in [3.05, 3.63) is 23.4 Å². The number of thioether (sulfide) groups is 1. The minimum absolute atomic E-state index is 0.546. The molecule has 0 radical (unpaired) electrons. The van der Waals surface area contributed by atoms with E-state index in [4.69, 9.17) is 11.6 Å². The molecule has 0 bridgehead atoms. The molecule has 78 valence electrons. The van der Waals surface area contributed by atoms with Crippen LogP contribution in [0.1, 0.15) is 13.3 Å². The number of hydrogen-bond acceptors (Lipinski definition) is 3. The van der Waals surface area contributed by atoms with Crippen molar-refractivity contribution in [1.29, 1.82) is 0 Å². The molecule has 0 aromatic carbocycles. The first-order valence-corrected chi connectivity index (χ1v) is 6.01. The van der Waals surface area contributed by atoms with E-state index in [1.165, 1.54) is 0 Å². The van der Waals surface area contributed by atoms with Gasteiger partial charge in [0.1, 0.15) is 5.03 Å². The van der Waals surface area contributed by atoms with E-state index >= 15 is 0 Å². The Kier molecular flexibility index (Phi) is 5.30. The number of nitrogens with one attached hydrogen (secondary N) is 1. The highest BCUT2D eigenvalue weighted by Crippen LogP contribution is 2.24. The Morgan fingerprint density at radius 1 is 1.64 bits per heavy atom. The van der Waals surface area contributed by atoms with Crippen molar-refractivity contribution in [3.63, 3.8) is 0 Å². The Bertz CT molecular complexity index is 281. The van der Waals surface area contributed by atoms with Gasteiger partial charge in [-0.2, -0.15) is 0 Å². The zero-order valence-corrected chi connectivity index (χ0v) is 10.0. The fraction of sp³-hybridized carbons (Fsp3) is 0.500. The van der Waals surface area contributed by atoms with Crippen molar-refractivity contribution in [3.8, 4) is 0 Å². The predicted octanol–water partition coefficient (Wildman–Crippen LogP) is 2.83. The summed E-state index contributed by atoms with van der Waals surface area (Å²) in [6.45, 7) is 2.17. The van der Waals surface area contributed by atoms with E-state index in [1.54, 1.807) is 18.0 Å². The molecule has 2 nitrogen and oxygen atoms in total. The molecule has 1 heterocycles. The number of nitrogens with zero attached hydrogens (tertiary/aromatic N) is 1. The molecule has 0 aliphatic rings. The van der Waals surface area contributed by atoms with Crippen LogP contribution in [-0.4, -0.2) is 23.8 Å². The van der Waals surface area contributed by atoms with Crippen molar-refractivity contribution in [1.82, 2.24) is 10.3 Å². The molecule has 1 rings (SSSR count). The van der Waals surface area contributed by atoms with Crippen LogP contribution in [-0.2, 0) is 0 Å². The molecule has 1 unspecified atom stereocenters. The van der Waals surface area contributed by atoms with Gasteiger partial charge in [-0.1, -0.05) is 11.6 Å². The van der Waals surface area contributed by atoms with Gasteiger partial charge in [0.15, 0.2) is 0 Å². The number of halogens is 1. The maximum atomic E-state index is 5.97. The summed E-state index contributed by atoms with van der Waals surface area (Å²) in [6, 6.07) is 4.27. The lowest BCUT2D eigenvalue weighted by atomic mass is 10.3. The van der Waals surface area contributed by atoms with Crippen LogP contribution in [0.25, 0.3) is 0 Å². The van der Waals surface area contributed by atoms with Gasteiger partial charge < -0.3 is 5.32 Å². The Balaban J connectivity index is 2.35. The van der Waals surface area contributed by atoms with Crippen LogP contribution in [0, 0.1) is 0 Å². The summed E-state index contributed by atoms with van der Waals surface area (Å²) < 4.78 is 0. The summed E-state index contributed by atoms with van der Waals surface area (Å²) in [5.41, 5.74) is 0. The van der Waals surface area contributed by atoms with E-state index in [0.717, 1.165) is 22.2 Å². The monoisotopic (exact) mass is 230 g/mol. The van der Waals surface area contributed by atoms with E-state index in [-0.39, 0.29) is 0 Å². The van der Waals surface area contributed by atoms with E-state index in [9.17, 15) is 0 Å². The Morgan fingerprint density at radius 2 is 2.43 bits per heavy atom. The van der Waals surface area contributed by atoms with Gasteiger partial charge in [-0.15, -0.1) is 11.8 Å². The van der Waals surface area contributed by atoms with Gasteiger partial charge in [0.05, 0.1) is 5.02 Å². The lowest BCUT2D eigenvalue weighted by molar-refractivity contribution is 0.597. The van der Waals surface area contributed by atoms with Crippen LogP contribution in [0.2, 0.25) is 5.02 Å². The highest BCUT2D eigenvalue weighted by Gasteiger charge is 2.02. The molecule has 4 heteroatoms. The Morgan fingerprint density at radius 3 is 3.07 bits per heavy atom. The van der Waals surface area contributed by atoms with Crippen molar-refractivity contribution < 1.29 is 0 Å². The zero-order chi connectivity index (χ0) is 10.4. The lowest BCUT2D eigenvalue weighted by Gasteiger charge is -2.08. The smallest absolute Gasteiger partial charge is 0.115 e. The van der Waals surface area contributed by atoms with Gasteiger partial charge in [0.25, 0.3) is 0 Å².